The molecule has 1 atom stereocenters. The Labute approximate surface area is 166 Å². The van der Waals surface area contributed by atoms with Gasteiger partial charge in [-0.3, -0.25) is 0 Å². The number of rotatable bonds is 6. The van der Waals surface area contributed by atoms with Gasteiger partial charge in [-0.1, -0.05) is 0 Å². The number of nitrogens with one attached hydrogen (secondary N) is 1. The zero-order chi connectivity index (χ0) is 21.4. The quantitative estimate of drug-likeness (QED) is 0.642. The second-order valence-corrected chi connectivity index (χ2v) is 8.15. The molecule has 1 heterocycles. The van der Waals surface area contributed by atoms with E-state index >= 15 is 0 Å². The van der Waals surface area contributed by atoms with Crippen molar-refractivity contribution >= 4 is 21.1 Å². The van der Waals surface area contributed by atoms with Crippen molar-refractivity contribution in [3.05, 3.63) is 53.9 Å². The van der Waals surface area contributed by atoms with Crippen molar-refractivity contribution in [1.29, 1.82) is 0 Å². The Hall–Kier alpha value is -2.59. The lowest BCUT2D eigenvalue weighted by Gasteiger charge is -2.16. The molecule has 0 aliphatic heterocycles. The van der Waals surface area contributed by atoms with Crippen molar-refractivity contribution in [2.24, 2.45) is 0 Å². The van der Waals surface area contributed by atoms with Gasteiger partial charge in [-0.05, 0) is 56.3 Å². The Bertz CT molecular complexity index is 1120. The summed E-state index contributed by atoms with van der Waals surface area (Å²) in [6.07, 6.45) is -4.47. The summed E-state index contributed by atoms with van der Waals surface area (Å²) in [6.45, 7) is 3.69. The largest absolute Gasteiger partial charge is 0.497 e. The molecule has 3 rings (SSSR count). The Morgan fingerprint density at radius 2 is 1.83 bits per heavy atom. The van der Waals surface area contributed by atoms with Crippen LogP contribution in [0.25, 0.3) is 11.0 Å². The van der Waals surface area contributed by atoms with E-state index in [0.717, 1.165) is 12.1 Å². The maximum Gasteiger partial charge on any atom is 0.416 e. The van der Waals surface area contributed by atoms with E-state index in [4.69, 9.17) is 4.74 Å². The fourth-order valence-corrected chi connectivity index (χ4v) is 4.29. The average molecular weight is 427 g/mol. The first-order chi connectivity index (χ1) is 13.6. The van der Waals surface area contributed by atoms with Gasteiger partial charge in [0, 0.05) is 6.54 Å². The smallest absolute Gasteiger partial charge is 0.416 e. The van der Waals surface area contributed by atoms with Gasteiger partial charge in [0.25, 0.3) is 0 Å². The molecule has 10 heteroatoms. The topological polar surface area (TPSA) is 73.2 Å². The molecular formula is C19H20F3N3O3S. The minimum absolute atomic E-state index is 0.0451. The Kier molecular flexibility index (Phi) is 5.59. The van der Waals surface area contributed by atoms with Gasteiger partial charge < -0.3 is 9.30 Å². The summed E-state index contributed by atoms with van der Waals surface area (Å²) in [5.74, 6) is 0.851. The maximum absolute atomic E-state index is 13.1. The van der Waals surface area contributed by atoms with Gasteiger partial charge in [-0.25, -0.2) is 18.1 Å². The fraction of sp³-hybridized carbons (Fsp3) is 0.316. The molecule has 0 unspecified atom stereocenters. The number of aryl methyl sites for hydroxylation is 1. The number of imidazole rings is 1. The molecule has 0 amide bonds. The van der Waals surface area contributed by atoms with Crippen LogP contribution in [0.1, 0.15) is 31.3 Å². The van der Waals surface area contributed by atoms with Gasteiger partial charge in [0.1, 0.15) is 11.6 Å². The minimum Gasteiger partial charge on any atom is -0.497 e. The monoisotopic (exact) mass is 427 g/mol. The molecule has 0 bridgehead atoms. The van der Waals surface area contributed by atoms with Crippen molar-refractivity contribution in [2.45, 2.75) is 37.5 Å². The predicted octanol–water partition coefficient (Wildman–Crippen LogP) is 4.12. The molecule has 2 aromatic carbocycles. The third kappa shape index (κ3) is 4.23. The van der Waals surface area contributed by atoms with E-state index in [-0.39, 0.29) is 4.90 Å². The summed E-state index contributed by atoms with van der Waals surface area (Å²) in [5, 5.41) is 0. The van der Waals surface area contributed by atoms with Crippen LogP contribution >= 0.6 is 0 Å². The maximum atomic E-state index is 13.1. The van der Waals surface area contributed by atoms with Crippen LogP contribution < -0.4 is 9.46 Å². The zero-order valence-electron chi connectivity index (χ0n) is 16.0. The number of benzene rings is 2. The molecule has 0 aliphatic carbocycles. The lowest BCUT2D eigenvalue weighted by Crippen LogP contribution is -2.28. The lowest BCUT2D eigenvalue weighted by molar-refractivity contribution is -0.137. The van der Waals surface area contributed by atoms with Gasteiger partial charge in [0.05, 0.1) is 34.6 Å². The molecule has 0 radical (unpaired) electrons. The summed E-state index contributed by atoms with van der Waals surface area (Å²) in [4.78, 5) is 4.41. The van der Waals surface area contributed by atoms with E-state index in [0.29, 0.717) is 29.2 Å². The third-order valence-corrected chi connectivity index (χ3v) is 6.07. The number of hydrogen-bond acceptors (Lipinski definition) is 4. The van der Waals surface area contributed by atoms with E-state index in [1.165, 1.54) is 37.4 Å². The number of alkyl halides is 3. The van der Waals surface area contributed by atoms with Gasteiger partial charge in [0.15, 0.2) is 0 Å². The van der Waals surface area contributed by atoms with E-state index in [1.54, 1.807) is 18.4 Å². The van der Waals surface area contributed by atoms with Crippen LogP contribution in [0.5, 0.6) is 5.75 Å². The van der Waals surface area contributed by atoms with Crippen LogP contribution in [0.15, 0.2) is 47.4 Å². The molecule has 1 aromatic heterocycles. The highest BCUT2D eigenvalue weighted by atomic mass is 32.2. The molecule has 0 saturated heterocycles. The van der Waals surface area contributed by atoms with E-state index in [2.05, 4.69) is 9.71 Å². The minimum atomic E-state index is -4.47. The number of hydrogen-bond donors (Lipinski definition) is 1. The second kappa shape index (κ2) is 7.68. The van der Waals surface area contributed by atoms with Gasteiger partial charge in [0.2, 0.25) is 10.0 Å². The predicted molar refractivity (Wildman–Crippen MR) is 102 cm³/mol. The average Bonchev–Trinajstić information content (AvgIpc) is 3.05. The van der Waals surface area contributed by atoms with Crippen LogP contribution in [0.2, 0.25) is 0 Å². The molecule has 156 valence electrons. The number of sulfonamides is 1. The first-order valence-corrected chi connectivity index (χ1v) is 10.3. The molecule has 29 heavy (non-hydrogen) atoms. The van der Waals surface area contributed by atoms with Crippen molar-refractivity contribution < 1.29 is 26.3 Å². The molecule has 0 spiro atoms. The normalized spacial score (nSPS) is 13.6. The highest BCUT2D eigenvalue weighted by Gasteiger charge is 2.31. The summed E-state index contributed by atoms with van der Waals surface area (Å²) >= 11 is 0. The number of nitrogens with zero attached hydrogens (tertiary/aromatic N) is 2. The van der Waals surface area contributed by atoms with Gasteiger partial charge in [-0.15, -0.1) is 0 Å². The number of ether oxygens (including phenoxy) is 1. The van der Waals surface area contributed by atoms with Crippen LogP contribution in [-0.2, 0) is 22.7 Å². The summed E-state index contributed by atoms with van der Waals surface area (Å²) < 4.78 is 73.6. The van der Waals surface area contributed by atoms with E-state index in [9.17, 15) is 21.6 Å². The number of fused-ring (bicyclic) bond motifs is 1. The summed E-state index contributed by atoms with van der Waals surface area (Å²) in [7, 11) is -2.39. The van der Waals surface area contributed by atoms with Gasteiger partial charge >= 0.3 is 6.18 Å². The van der Waals surface area contributed by atoms with Crippen molar-refractivity contribution in [2.75, 3.05) is 7.11 Å². The summed E-state index contributed by atoms with van der Waals surface area (Å²) in [5.41, 5.74) is -0.115. The van der Waals surface area contributed by atoms with Crippen molar-refractivity contribution in [1.82, 2.24) is 14.3 Å². The highest BCUT2D eigenvalue weighted by molar-refractivity contribution is 7.89. The molecular weight excluding hydrogens is 407 g/mol. The Morgan fingerprint density at radius 1 is 1.17 bits per heavy atom. The standard InChI is InChI=1S/C19H20F3N3O3S/c1-4-25-17-11-13(19(20,21)22)5-10-16(17)23-18(25)12(2)24-29(26,27)15-8-6-14(28-3)7-9-15/h5-12,24H,4H2,1-3H3/t12-/m1/s1. The van der Waals surface area contributed by atoms with Crippen LogP contribution in [0.4, 0.5) is 13.2 Å². The molecule has 0 aliphatic rings. The Balaban J connectivity index is 1.96. The molecule has 6 nitrogen and oxygen atoms in total. The summed E-state index contributed by atoms with van der Waals surface area (Å²) in [6, 6.07) is 8.39. The Morgan fingerprint density at radius 3 is 2.38 bits per heavy atom. The van der Waals surface area contributed by atoms with E-state index in [1.807, 2.05) is 0 Å². The highest BCUT2D eigenvalue weighted by Crippen LogP contribution is 2.32. The second-order valence-electron chi connectivity index (χ2n) is 6.43. The van der Waals surface area contributed by atoms with Crippen LogP contribution in [-0.4, -0.2) is 25.1 Å². The number of methoxy groups -OCH3 is 1. The fourth-order valence-electron chi connectivity index (χ4n) is 3.09. The molecule has 1 N–H and O–H groups in total. The van der Waals surface area contributed by atoms with Crippen molar-refractivity contribution in [3.63, 3.8) is 0 Å². The molecule has 3 aromatic rings. The van der Waals surface area contributed by atoms with E-state index < -0.39 is 27.8 Å². The number of halogens is 3. The molecule has 0 saturated carbocycles. The first-order valence-electron chi connectivity index (χ1n) is 8.80. The van der Waals surface area contributed by atoms with Crippen molar-refractivity contribution in [3.8, 4) is 5.75 Å². The number of aromatic nitrogens is 2. The van der Waals surface area contributed by atoms with Gasteiger partial charge in [-0.2, -0.15) is 13.2 Å². The zero-order valence-corrected chi connectivity index (χ0v) is 16.8. The van der Waals surface area contributed by atoms with Crippen LogP contribution in [0.3, 0.4) is 0 Å². The third-order valence-electron chi connectivity index (χ3n) is 4.51. The molecule has 0 fully saturated rings. The SMILES string of the molecule is CCn1c([C@@H](C)NS(=O)(=O)c2ccc(OC)cc2)nc2ccc(C(F)(F)F)cc21. The lowest BCUT2D eigenvalue weighted by atomic mass is 10.2. The first kappa shape index (κ1) is 21.1. The van der Waals surface area contributed by atoms with Crippen LogP contribution in [0, 0.1) is 0 Å².